The van der Waals surface area contributed by atoms with Crippen LogP contribution in [0.2, 0.25) is 0 Å². The molecule has 2 N–H and O–H groups in total. The number of aryl methyl sites for hydroxylation is 1. The molecule has 0 aromatic carbocycles. The number of rotatable bonds is 7. The molecule has 0 radical (unpaired) electrons. The molecule has 0 spiro atoms. The number of nitrogens with zero attached hydrogens (tertiary/aromatic N) is 3. The van der Waals surface area contributed by atoms with Gasteiger partial charge in [-0.15, -0.1) is 0 Å². The van der Waals surface area contributed by atoms with E-state index in [1.165, 1.54) is 21.4 Å². The maximum atomic E-state index is 12.5. The Kier molecular flexibility index (Phi) is 5.30. The Morgan fingerprint density at radius 1 is 1.44 bits per heavy atom. The molecular formula is C11H22N4O2S. The van der Waals surface area contributed by atoms with Crippen molar-refractivity contribution < 1.29 is 8.42 Å². The van der Waals surface area contributed by atoms with E-state index in [2.05, 4.69) is 5.10 Å². The Bertz CT molecular complexity index is 465. The average molecular weight is 274 g/mol. The lowest BCUT2D eigenvalue weighted by Crippen LogP contribution is -2.42. The van der Waals surface area contributed by atoms with Gasteiger partial charge in [-0.2, -0.15) is 9.40 Å². The van der Waals surface area contributed by atoms with E-state index in [1.807, 2.05) is 13.8 Å². The van der Waals surface area contributed by atoms with Crippen LogP contribution in [-0.4, -0.2) is 41.6 Å². The van der Waals surface area contributed by atoms with Gasteiger partial charge < -0.3 is 5.73 Å². The monoisotopic (exact) mass is 274 g/mol. The van der Waals surface area contributed by atoms with Crippen molar-refractivity contribution in [3.05, 3.63) is 12.4 Å². The minimum atomic E-state index is -3.50. The second-order valence-electron chi connectivity index (χ2n) is 4.22. The molecule has 7 heteroatoms. The van der Waals surface area contributed by atoms with Crippen LogP contribution in [0.25, 0.3) is 0 Å². The van der Waals surface area contributed by atoms with Gasteiger partial charge in [0.25, 0.3) is 0 Å². The van der Waals surface area contributed by atoms with Crippen molar-refractivity contribution in [3.8, 4) is 0 Å². The molecule has 0 fully saturated rings. The van der Waals surface area contributed by atoms with Gasteiger partial charge in [0.1, 0.15) is 4.90 Å². The number of hydrogen-bond acceptors (Lipinski definition) is 4. The van der Waals surface area contributed by atoms with Crippen molar-refractivity contribution >= 4 is 10.0 Å². The summed E-state index contributed by atoms with van der Waals surface area (Å²) >= 11 is 0. The van der Waals surface area contributed by atoms with Gasteiger partial charge in [-0.25, -0.2) is 8.42 Å². The largest absolute Gasteiger partial charge is 0.329 e. The highest BCUT2D eigenvalue weighted by atomic mass is 32.2. The van der Waals surface area contributed by atoms with Crippen LogP contribution in [0.5, 0.6) is 0 Å². The first-order valence-electron chi connectivity index (χ1n) is 6.17. The first kappa shape index (κ1) is 15.1. The number of aromatic nitrogens is 2. The zero-order chi connectivity index (χ0) is 13.8. The molecule has 0 atom stereocenters. The van der Waals surface area contributed by atoms with E-state index in [0.717, 1.165) is 12.8 Å². The summed E-state index contributed by atoms with van der Waals surface area (Å²) in [5.41, 5.74) is 5.53. The van der Waals surface area contributed by atoms with E-state index in [0.29, 0.717) is 13.1 Å². The van der Waals surface area contributed by atoms with Crippen molar-refractivity contribution in [3.63, 3.8) is 0 Å². The highest BCUT2D eigenvalue weighted by Crippen LogP contribution is 2.20. The zero-order valence-corrected chi connectivity index (χ0v) is 12.0. The lowest BCUT2D eigenvalue weighted by atomic mass is 10.2. The summed E-state index contributed by atoms with van der Waals surface area (Å²) in [6, 6.07) is -0.0150. The minimum absolute atomic E-state index is 0.0150. The quantitative estimate of drug-likeness (QED) is 0.787. The van der Waals surface area contributed by atoms with Crippen LogP contribution in [0, 0.1) is 0 Å². The first-order chi connectivity index (χ1) is 8.47. The van der Waals surface area contributed by atoms with Gasteiger partial charge in [0.05, 0.1) is 6.20 Å². The second kappa shape index (κ2) is 6.31. The molecule has 1 aromatic heterocycles. The molecule has 0 saturated carbocycles. The van der Waals surface area contributed by atoms with Crippen LogP contribution in [0.1, 0.15) is 26.7 Å². The zero-order valence-electron chi connectivity index (χ0n) is 11.2. The lowest BCUT2D eigenvalue weighted by molar-refractivity contribution is 0.309. The summed E-state index contributed by atoms with van der Waals surface area (Å²) in [4.78, 5) is 0.227. The van der Waals surface area contributed by atoms with Crippen LogP contribution < -0.4 is 5.73 Å². The molecule has 6 nitrogen and oxygen atoms in total. The molecule has 0 bridgehead atoms. The Hall–Kier alpha value is -0.920. The highest BCUT2D eigenvalue weighted by Gasteiger charge is 2.29. The molecule has 0 aliphatic carbocycles. The van der Waals surface area contributed by atoms with Gasteiger partial charge in [0.15, 0.2) is 0 Å². The smallest absolute Gasteiger partial charge is 0.246 e. The van der Waals surface area contributed by atoms with E-state index in [-0.39, 0.29) is 10.9 Å². The van der Waals surface area contributed by atoms with E-state index in [4.69, 9.17) is 5.73 Å². The van der Waals surface area contributed by atoms with E-state index >= 15 is 0 Å². The molecular weight excluding hydrogens is 252 g/mol. The standard InChI is InChI=1S/C11H22N4O2S/c1-4-10(5-2)15(7-6-12)18(16,17)11-8-13-14(3)9-11/h8-10H,4-7,12H2,1-3H3. The van der Waals surface area contributed by atoms with Crippen LogP contribution >= 0.6 is 0 Å². The Balaban J connectivity index is 3.11. The predicted octanol–water partition coefficient (Wildman–Crippen LogP) is 0.558. The molecule has 1 rings (SSSR count). The highest BCUT2D eigenvalue weighted by molar-refractivity contribution is 7.89. The summed E-state index contributed by atoms with van der Waals surface area (Å²) in [6.45, 7) is 4.62. The molecule has 0 aliphatic heterocycles. The Labute approximate surface area is 109 Å². The molecule has 0 unspecified atom stereocenters. The molecule has 18 heavy (non-hydrogen) atoms. The Morgan fingerprint density at radius 2 is 2.06 bits per heavy atom. The van der Waals surface area contributed by atoms with Crippen LogP contribution in [0.3, 0.4) is 0 Å². The van der Waals surface area contributed by atoms with Gasteiger partial charge in [-0.1, -0.05) is 13.8 Å². The van der Waals surface area contributed by atoms with E-state index in [9.17, 15) is 8.42 Å². The van der Waals surface area contributed by atoms with Crippen LogP contribution in [0.15, 0.2) is 17.3 Å². The molecule has 0 aliphatic rings. The van der Waals surface area contributed by atoms with Crippen molar-refractivity contribution in [1.82, 2.24) is 14.1 Å². The predicted molar refractivity (Wildman–Crippen MR) is 70.5 cm³/mol. The maximum absolute atomic E-state index is 12.5. The summed E-state index contributed by atoms with van der Waals surface area (Å²) < 4.78 is 28.0. The SMILES string of the molecule is CCC(CC)N(CCN)S(=O)(=O)c1cnn(C)c1. The fraction of sp³-hybridized carbons (Fsp3) is 0.727. The number of hydrogen-bond donors (Lipinski definition) is 1. The van der Waals surface area contributed by atoms with Crippen molar-refractivity contribution in [1.29, 1.82) is 0 Å². The fourth-order valence-corrected chi connectivity index (χ4v) is 3.76. The first-order valence-corrected chi connectivity index (χ1v) is 7.61. The summed E-state index contributed by atoms with van der Waals surface area (Å²) in [7, 11) is -1.80. The van der Waals surface area contributed by atoms with Crippen molar-refractivity contribution in [2.45, 2.75) is 37.6 Å². The number of nitrogens with two attached hydrogens (primary N) is 1. The molecule has 0 saturated heterocycles. The maximum Gasteiger partial charge on any atom is 0.246 e. The summed E-state index contributed by atoms with van der Waals surface area (Å²) in [5.74, 6) is 0. The fourth-order valence-electron chi connectivity index (χ4n) is 1.99. The van der Waals surface area contributed by atoms with Gasteiger partial charge >= 0.3 is 0 Å². The van der Waals surface area contributed by atoms with E-state index < -0.39 is 10.0 Å². The molecule has 104 valence electrons. The Morgan fingerprint density at radius 3 is 2.44 bits per heavy atom. The average Bonchev–Trinajstić information content (AvgIpc) is 2.77. The minimum Gasteiger partial charge on any atom is -0.329 e. The van der Waals surface area contributed by atoms with Crippen LogP contribution in [-0.2, 0) is 17.1 Å². The van der Waals surface area contributed by atoms with E-state index in [1.54, 1.807) is 7.05 Å². The van der Waals surface area contributed by atoms with Gasteiger partial charge in [-0.05, 0) is 12.8 Å². The van der Waals surface area contributed by atoms with Crippen molar-refractivity contribution in [2.24, 2.45) is 12.8 Å². The van der Waals surface area contributed by atoms with Crippen molar-refractivity contribution in [2.75, 3.05) is 13.1 Å². The van der Waals surface area contributed by atoms with Gasteiger partial charge in [-0.3, -0.25) is 4.68 Å². The van der Waals surface area contributed by atoms with Crippen LogP contribution in [0.4, 0.5) is 0 Å². The third-order valence-electron chi connectivity index (χ3n) is 2.99. The summed E-state index contributed by atoms with van der Waals surface area (Å²) in [5, 5.41) is 3.92. The number of sulfonamides is 1. The third-order valence-corrected chi connectivity index (χ3v) is 4.89. The topological polar surface area (TPSA) is 81.2 Å². The lowest BCUT2D eigenvalue weighted by Gasteiger charge is -2.28. The normalized spacial score (nSPS) is 12.6. The molecule has 0 amide bonds. The molecule has 1 heterocycles. The molecule has 1 aromatic rings. The van der Waals surface area contributed by atoms with Gasteiger partial charge in [0.2, 0.25) is 10.0 Å². The summed E-state index contributed by atoms with van der Waals surface area (Å²) in [6.07, 6.45) is 4.44. The van der Waals surface area contributed by atoms with Gasteiger partial charge in [0, 0.05) is 32.4 Å². The second-order valence-corrected chi connectivity index (χ2v) is 6.12. The third kappa shape index (κ3) is 3.09.